The van der Waals surface area contributed by atoms with Crippen LogP contribution in [-0.2, 0) is 19.3 Å². The van der Waals surface area contributed by atoms with Crippen LogP contribution in [0.25, 0.3) is 0 Å². The number of methoxy groups -OCH3 is 1. The zero-order valence-corrected chi connectivity index (χ0v) is 31.0. The van der Waals surface area contributed by atoms with Crippen molar-refractivity contribution in [2.75, 3.05) is 20.3 Å². The Labute approximate surface area is 301 Å². The van der Waals surface area contributed by atoms with E-state index in [-0.39, 0.29) is 25.1 Å². The summed E-state index contributed by atoms with van der Waals surface area (Å²) >= 11 is 0. The summed E-state index contributed by atoms with van der Waals surface area (Å²) in [5.74, 6) is 0.746. The van der Waals surface area contributed by atoms with E-state index < -0.39 is 43.7 Å². The number of hydrogen-bond acceptors (Lipinski definition) is 9. The number of aryl methyl sites for hydroxylation is 1. The molecule has 12 heteroatoms. The molecule has 2 heterocycles. The third kappa shape index (κ3) is 8.67. The van der Waals surface area contributed by atoms with E-state index in [1.54, 1.807) is 14.0 Å². The van der Waals surface area contributed by atoms with Crippen LogP contribution in [0.5, 0.6) is 5.75 Å². The number of aromatic nitrogens is 2. The van der Waals surface area contributed by atoms with Crippen LogP contribution >= 0.6 is 8.53 Å². The molecule has 0 aliphatic carbocycles. The van der Waals surface area contributed by atoms with Crippen LogP contribution in [0.15, 0.2) is 101 Å². The van der Waals surface area contributed by atoms with Crippen LogP contribution in [0.4, 0.5) is 0 Å². The molecule has 1 saturated heterocycles. The molecule has 0 amide bonds. The summed E-state index contributed by atoms with van der Waals surface area (Å²) in [7, 11) is 0.0296. The van der Waals surface area contributed by atoms with Crippen LogP contribution in [-0.4, -0.2) is 58.8 Å². The number of benzene rings is 3. The maximum absolute atomic E-state index is 13.1. The molecule has 11 nitrogen and oxygen atoms in total. The second kappa shape index (κ2) is 17.4. The molecule has 1 fully saturated rings. The zero-order valence-electron chi connectivity index (χ0n) is 30.1. The number of ether oxygens (including phenoxy) is 2. The number of nitrogens with one attached hydrogen (secondary N) is 2. The number of hydrogen-bond donors (Lipinski definition) is 2. The number of nitrogens with zero attached hydrogens (tertiary/aromatic N) is 3. The molecule has 1 unspecified atom stereocenters. The van der Waals surface area contributed by atoms with Crippen LogP contribution in [0.1, 0.15) is 69.0 Å². The molecule has 0 spiro atoms. The van der Waals surface area contributed by atoms with Gasteiger partial charge in [-0.3, -0.25) is 19.7 Å². The maximum Gasteiger partial charge on any atom is 0.330 e. The van der Waals surface area contributed by atoms with E-state index >= 15 is 0 Å². The standard InChI is InChI=1S/C39H48N5O6P/c1-27(2)44(28(3)4)51(48-23-13-22-40)50-34-24-36(43-26-29(5)37(45)42-38(43)46)49-35(34)25-41-39(30-14-9-7-10-15-30,31-16-11-8-12-17-31)32-18-20-33(47-6)21-19-32/h7-12,14-21,26-28,34-36,41H,13,23-25H2,1-6H3,(H,42,45,46)/t34-,35+,36+,51?/m0/s1. The molecule has 1 aliphatic rings. The molecule has 1 aromatic heterocycles. The van der Waals surface area contributed by atoms with Crippen molar-refractivity contribution >= 4 is 8.53 Å². The second-order valence-electron chi connectivity index (χ2n) is 13.1. The van der Waals surface area contributed by atoms with E-state index in [1.807, 2.05) is 48.5 Å². The zero-order chi connectivity index (χ0) is 36.5. The fourth-order valence-corrected chi connectivity index (χ4v) is 8.41. The molecule has 4 aromatic rings. The van der Waals surface area contributed by atoms with Crippen LogP contribution in [0.2, 0.25) is 0 Å². The van der Waals surface area contributed by atoms with Gasteiger partial charge in [0.2, 0.25) is 0 Å². The van der Waals surface area contributed by atoms with Crippen molar-refractivity contribution in [3.63, 3.8) is 0 Å². The van der Waals surface area contributed by atoms with Crippen LogP contribution in [0, 0.1) is 18.3 Å². The van der Waals surface area contributed by atoms with E-state index in [0.717, 1.165) is 22.4 Å². The lowest BCUT2D eigenvalue weighted by atomic mass is 9.77. The Morgan fingerprint density at radius 2 is 1.57 bits per heavy atom. The summed E-state index contributed by atoms with van der Waals surface area (Å²) in [6, 6.07) is 30.9. The fourth-order valence-electron chi connectivity index (χ4n) is 6.65. The molecule has 270 valence electrons. The summed E-state index contributed by atoms with van der Waals surface area (Å²) in [5, 5.41) is 13.2. The number of H-pyrrole nitrogens is 1. The van der Waals surface area contributed by atoms with Gasteiger partial charge in [-0.1, -0.05) is 72.8 Å². The van der Waals surface area contributed by atoms with Gasteiger partial charge in [0.15, 0.2) is 0 Å². The van der Waals surface area contributed by atoms with E-state index in [9.17, 15) is 14.9 Å². The van der Waals surface area contributed by atoms with Crippen molar-refractivity contribution in [1.82, 2.24) is 19.5 Å². The van der Waals surface area contributed by atoms with E-state index in [1.165, 1.54) is 10.8 Å². The van der Waals surface area contributed by atoms with Crippen LogP contribution in [0.3, 0.4) is 0 Å². The Morgan fingerprint density at radius 3 is 2.12 bits per heavy atom. The third-order valence-corrected chi connectivity index (χ3v) is 11.2. The molecule has 0 bridgehead atoms. The van der Waals surface area contributed by atoms with Gasteiger partial charge in [0.1, 0.15) is 12.0 Å². The van der Waals surface area contributed by atoms with E-state index in [4.69, 9.17) is 18.5 Å². The first-order valence-corrected chi connectivity index (χ1v) is 18.4. The van der Waals surface area contributed by atoms with Gasteiger partial charge in [0, 0.05) is 36.8 Å². The lowest BCUT2D eigenvalue weighted by molar-refractivity contribution is -0.0197. The summed E-state index contributed by atoms with van der Waals surface area (Å²) in [4.78, 5) is 27.8. The molecule has 0 radical (unpaired) electrons. The lowest BCUT2D eigenvalue weighted by Crippen LogP contribution is -2.49. The summed E-state index contributed by atoms with van der Waals surface area (Å²) in [6.07, 6.45) is 0.311. The van der Waals surface area contributed by atoms with Gasteiger partial charge in [0.05, 0.1) is 44.0 Å². The van der Waals surface area contributed by atoms with E-state index in [2.05, 4.69) is 85.1 Å². The lowest BCUT2D eigenvalue weighted by Gasteiger charge is -2.39. The van der Waals surface area contributed by atoms with Crippen molar-refractivity contribution < 1.29 is 18.5 Å². The number of rotatable bonds is 16. The van der Waals surface area contributed by atoms with Gasteiger partial charge in [-0.25, -0.2) is 9.46 Å². The Morgan fingerprint density at radius 1 is 0.980 bits per heavy atom. The van der Waals surface area contributed by atoms with Crippen molar-refractivity contribution in [3.05, 3.63) is 134 Å². The van der Waals surface area contributed by atoms with Crippen molar-refractivity contribution in [2.24, 2.45) is 0 Å². The van der Waals surface area contributed by atoms with Crippen molar-refractivity contribution in [3.8, 4) is 11.8 Å². The predicted molar refractivity (Wildman–Crippen MR) is 198 cm³/mol. The average Bonchev–Trinajstić information content (AvgIpc) is 3.53. The highest BCUT2D eigenvalue weighted by atomic mass is 31.2. The molecule has 5 rings (SSSR count). The monoisotopic (exact) mass is 713 g/mol. The maximum atomic E-state index is 13.1. The molecule has 1 aliphatic heterocycles. The SMILES string of the molecule is COc1ccc(C(NC[C@H]2O[C@@H](n3cc(C)c(=O)[nH]c3=O)C[C@@H]2OP(OCCC#N)N(C(C)C)C(C)C)(c2ccccc2)c2ccccc2)cc1. The number of nitriles is 1. The largest absolute Gasteiger partial charge is 0.497 e. The van der Waals surface area contributed by atoms with E-state index in [0.29, 0.717) is 18.5 Å². The van der Waals surface area contributed by atoms with Crippen molar-refractivity contribution in [2.45, 2.75) is 83.5 Å². The highest BCUT2D eigenvalue weighted by Gasteiger charge is 2.44. The smallest absolute Gasteiger partial charge is 0.330 e. The quantitative estimate of drug-likeness (QED) is 0.0772. The normalized spacial score (nSPS) is 18.3. The fraction of sp³-hybridized carbons (Fsp3) is 0.410. The minimum atomic E-state index is -1.62. The first-order chi connectivity index (χ1) is 24.6. The molecule has 3 aromatic carbocycles. The van der Waals surface area contributed by atoms with Gasteiger partial charge in [-0.05, 0) is 63.4 Å². The minimum absolute atomic E-state index is 0.0937. The predicted octanol–water partition coefficient (Wildman–Crippen LogP) is 6.38. The molecular weight excluding hydrogens is 665 g/mol. The highest BCUT2D eigenvalue weighted by Crippen LogP contribution is 2.50. The molecule has 2 N–H and O–H groups in total. The summed E-state index contributed by atoms with van der Waals surface area (Å²) in [5.41, 5.74) is 1.63. The molecule has 4 atom stereocenters. The Hall–Kier alpha value is -4.14. The van der Waals surface area contributed by atoms with Gasteiger partial charge in [0.25, 0.3) is 14.1 Å². The Kier molecular flexibility index (Phi) is 13.0. The first kappa shape index (κ1) is 38.1. The first-order valence-electron chi connectivity index (χ1n) is 17.3. The average molecular weight is 714 g/mol. The summed E-state index contributed by atoms with van der Waals surface area (Å²) < 4.78 is 29.0. The highest BCUT2D eigenvalue weighted by molar-refractivity contribution is 7.44. The molecular formula is C39H48N5O6P. The summed E-state index contributed by atoms with van der Waals surface area (Å²) in [6.45, 7) is 10.6. The van der Waals surface area contributed by atoms with Gasteiger partial charge in [-0.2, -0.15) is 5.26 Å². The minimum Gasteiger partial charge on any atom is -0.497 e. The van der Waals surface area contributed by atoms with Gasteiger partial charge in [-0.15, -0.1) is 0 Å². The second-order valence-corrected chi connectivity index (χ2v) is 14.5. The van der Waals surface area contributed by atoms with Crippen molar-refractivity contribution in [1.29, 1.82) is 5.26 Å². The Bertz CT molecular complexity index is 1810. The number of aromatic amines is 1. The molecule has 0 saturated carbocycles. The van der Waals surface area contributed by atoms with Crippen LogP contribution < -0.4 is 21.3 Å². The molecule has 51 heavy (non-hydrogen) atoms. The third-order valence-electron chi connectivity index (χ3n) is 9.03. The topological polar surface area (TPSA) is 131 Å². The van der Waals surface area contributed by atoms with Gasteiger partial charge < -0.3 is 18.5 Å². The Balaban J connectivity index is 1.58. The van der Waals surface area contributed by atoms with Gasteiger partial charge >= 0.3 is 5.69 Å².